The molecule has 0 aliphatic heterocycles. The van der Waals surface area contributed by atoms with Crippen LogP contribution in [-0.4, -0.2) is 19.5 Å². The number of nitrogens with zero attached hydrogens (tertiary/aromatic N) is 4. The fourth-order valence-corrected chi connectivity index (χ4v) is 8.31. The van der Waals surface area contributed by atoms with Gasteiger partial charge in [-0.3, -0.25) is 0 Å². The highest BCUT2D eigenvalue weighted by Gasteiger charge is 2.20. The molecule has 0 bridgehead atoms. The van der Waals surface area contributed by atoms with Gasteiger partial charge in [0.2, 0.25) is 0 Å². The highest BCUT2D eigenvalue weighted by Crippen LogP contribution is 2.43. The molecule has 11 aromatic rings. The zero-order chi connectivity index (χ0) is 36.3. The number of para-hydroxylation sites is 2. The van der Waals surface area contributed by atoms with Crippen molar-refractivity contribution in [2.45, 2.75) is 0 Å². The van der Waals surface area contributed by atoms with Gasteiger partial charge < -0.3 is 4.57 Å². The normalized spacial score (nSPS) is 11.6. The van der Waals surface area contributed by atoms with E-state index in [1.54, 1.807) is 0 Å². The molecule has 0 aliphatic carbocycles. The van der Waals surface area contributed by atoms with E-state index in [1.165, 1.54) is 43.4 Å². The molecule has 4 nitrogen and oxygen atoms in total. The van der Waals surface area contributed by atoms with E-state index >= 15 is 0 Å². The fourth-order valence-electron chi connectivity index (χ4n) is 8.31. The molecule has 11 rings (SSSR count). The molecule has 4 heteroatoms. The summed E-state index contributed by atoms with van der Waals surface area (Å²) >= 11 is 0. The minimum Gasteiger partial charge on any atom is -0.309 e. The summed E-state index contributed by atoms with van der Waals surface area (Å²) < 4.78 is 2.36. The number of aromatic nitrogens is 4. The molecule has 256 valence electrons. The zero-order valence-corrected chi connectivity index (χ0v) is 29.8. The molecule has 2 heterocycles. The summed E-state index contributed by atoms with van der Waals surface area (Å²) in [6.45, 7) is 0. The second kappa shape index (κ2) is 12.6. The zero-order valence-electron chi connectivity index (χ0n) is 29.8. The van der Waals surface area contributed by atoms with Crippen molar-refractivity contribution in [2.75, 3.05) is 0 Å². The lowest BCUT2D eigenvalue weighted by atomic mass is 9.88. The van der Waals surface area contributed by atoms with Gasteiger partial charge in [0, 0.05) is 38.5 Å². The van der Waals surface area contributed by atoms with Crippen molar-refractivity contribution < 1.29 is 0 Å². The first-order valence-electron chi connectivity index (χ1n) is 18.6. The van der Waals surface area contributed by atoms with E-state index in [-0.39, 0.29) is 0 Å². The van der Waals surface area contributed by atoms with Crippen LogP contribution < -0.4 is 0 Å². The van der Waals surface area contributed by atoms with Gasteiger partial charge in [-0.1, -0.05) is 152 Å². The van der Waals surface area contributed by atoms with Gasteiger partial charge in [0.05, 0.1) is 11.0 Å². The molecular weight excluding hydrogens is 669 g/mol. The summed E-state index contributed by atoms with van der Waals surface area (Å²) in [7, 11) is 0. The standard InChI is InChI=1S/C51H32N4/c1-4-16-33(17-5-1)49-52-50(34-18-6-2-7-19-34)54-51(53-49)45-32-36(31-44-40-24-11-10-22-38(40)39-23-12-13-26-42(39)48(44)45)35-28-29-47-43(30-35)41-25-14-15-27-46(41)55(47)37-20-8-3-9-21-37/h1-32H. The van der Waals surface area contributed by atoms with Crippen LogP contribution in [0.15, 0.2) is 194 Å². The second-order valence-electron chi connectivity index (χ2n) is 14.0. The first kappa shape index (κ1) is 31.1. The smallest absolute Gasteiger partial charge is 0.164 e. The summed E-state index contributed by atoms with van der Waals surface area (Å²) in [5, 5.41) is 9.51. The molecule has 0 saturated heterocycles. The molecule has 0 saturated carbocycles. The average molecular weight is 701 g/mol. The lowest BCUT2D eigenvalue weighted by molar-refractivity contribution is 1.08. The summed E-state index contributed by atoms with van der Waals surface area (Å²) in [4.78, 5) is 15.6. The van der Waals surface area contributed by atoms with Crippen LogP contribution in [-0.2, 0) is 0 Å². The minimum atomic E-state index is 0.641. The number of hydrogen-bond acceptors (Lipinski definition) is 3. The molecule has 2 aromatic heterocycles. The Kier molecular flexibility index (Phi) is 7.14. The van der Waals surface area contributed by atoms with E-state index in [4.69, 9.17) is 15.0 Å². The van der Waals surface area contributed by atoms with Gasteiger partial charge in [0.25, 0.3) is 0 Å². The Labute approximate surface area is 317 Å². The van der Waals surface area contributed by atoms with Crippen LogP contribution in [0.5, 0.6) is 0 Å². The molecule has 0 atom stereocenters. The predicted molar refractivity (Wildman–Crippen MR) is 228 cm³/mol. The van der Waals surface area contributed by atoms with Crippen molar-refractivity contribution in [1.29, 1.82) is 0 Å². The fraction of sp³-hybridized carbons (Fsp3) is 0. The van der Waals surface area contributed by atoms with Crippen molar-refractivity contribution in [2.24, 2.45) is 0 Å². The Morgan fingerprint density at radius 3 is 1.42 bits per heavy atom. The van der Waals surface area contributed by atoms with Crippen molar-refractivity contribution >= 4 is 54.1 Å². The van der Waals surface area contributed by atoms with E-state index < -0.39 is 0 Å². The van der Waals surface area contributed by atoms with E-state index in [0.29, 0.717) is 17.5 Å². The third-order valence-corrected chi connectivity index (χ3v) is 10.8. The monoisotopic (exact) mass is 700 g/mol. The largest absolute Gasteiger partial charge is 0.309 e. The minimum absolute atomic E-state index is 0.641. The maximum Gasteiger partial charge on any atom is 0.164 e. The maximum atomic E-state index is 5.27. The lowest BCUT2D eigenvalue weighted by Gasteiger charge is -2.17. The molecule has 0 spiro atoms. The van der Waals surface area contributed by atoms with Gasteiger partial charge in [-0.15, -0.1) is 0 Å². The molecule has 55 heavy (non-hydrogen) atoms. The highest BCUT2D eigenvalue weighted by molar-refractivity contribution is 6.29. The first-order valence-corrected chi connectivity index (χ1v) is 18.6. The van der Waals surface area contributed by atoms with Gasteiger partial charge >= 0.3 is 0 Å². The van der Waals surface area contributed by atoms with E-state index in [0.717, 1.165) is 44.3 Å². The summed E-state index contributed by atoms with van der Waals surface area (Å²) in [6.07, 6.45) is 0. The molecular formula is C51H32N4. The number of benzene rings is 9. The molecule has 0 aliphatic rings. The van der Waals surface area contributed by atoms with Crippen molar-refractivity contribution in [1.82, 2.24) is 19.5 Å². The summed E-state index contributed by atoms with van der Waals surface area (Å²) in [5.74, 6) is 1.92. The van der Waals surface area contributed by atoms with Gasteiger partial charge in [0.15, 0.2) is 17.5 Å². The highest BCUT2D eigenvalue weighted by atomic mass is 15.0. The summed E-state index contributed by atoms with van der Waals surface area (Å²) in [5.41, 5.74) is 8.59. The average Bonchev–Trinajstić information content (AvgIpc) is 3.60. The van der Waals surface area contributed by atoms with Crippen molar-refractivity contribution in [3.63, 3.8) is 0 Å². The first-order chi connectivity index (χ1) is 27.3. The third-order valence-electron chi connectivity index (χ3n) is 10.8. The Hall–Kier alpha value is -7.43. The maximum absolute atomic E-state index is 5.27. The van der Waals surface area contributed by atoms with Crippen LogP contribution in [0.25, 0.3) is 105 Å². The third kappa shape index (κ3) is 5.11. The van der Waals surface area contributed by atoms with E-state index in [2.05, 4.69) is 162 Å². The van der Waals surface area contributed by atoms with Gasteiger partial charge in [-0.25, -0.2) is 15.0 Å². The van der Waals surface area contributed by atoms with E-state index in [1.807, 2.05) is 36.4 Å². The van der Waals surface area contributed by atoms with Gasteiger partial charge in [0.1, 0.15) is 0 Å². The van der Waals surface area contributed by atoms with Crippen LogP contribution in [0.4, 0.5) is 0 Å². The topological polar surface area (TPSA) is 43.6 Å². The second-order valence-corrected chi connectivity index (χ2v) is 14.0. The molecule has 0 amide bonds. The molecule has 0 radical (unpaired) electrons. The molecule has 0 unspecified atom stereocenters. The van der Waals surface area contributed by atoms with Crippen molar-refractivity contribution in [3.8, 4) is 51.0 Å². The Morgan fingerprint density at radius 1 is 0.291 bits per heavy atom. The van der Waals surface area contributed by atoms with Gasteiger partial charge in [-0.2, -0.15) is 0 Å². The van der Waals surface area contributed by atoms with Crippen LogP contribution in [0.3, 0.4) is 0 Å². The molecule has 9 aromatic carbocycles. The predicted octanol–water partition coefficient (Wildman–Crippen LogP) is 13.1. The number of rotatable bonds is 5. The van der Waals surface area contributed by atoms with Gasteiger partial charge in [-0.05, 0) is 80.5 Å². The molecule has 0 N–H and O–H groups in total. The number of hydrogen-bond donors (Lipinski definition) is 0. The number of fused-ring (bicyclic) bond motifs is 9. The Morgan fingerprint density at radius 2 is 0.764 bits per heavy atom. The Bertz CT molecular complexity index is 3180. The SMILES string of the molecule is c1ccc(-c2nc(-c3ccccc3)nc(-c3cc(-c4ccc5c(c4)c4ccccc4n5-c4ccccc4)cc4c5ccccc5c5ccccc5c34)n2)cc1. The van der Waals surface area contributed by atoms with Crippen LogP contribution in [0.2, 0.25) is 0 Å². The quantitative estimate of drug-likeness (QED) is 0.168. The molecule has 0 fully saturated rings. The van der Waals surface area contributed by atoms with Crippen LogP contribution in [0, 0.1) is 0 Å². The van der Waals surface area contributed by atoms with Crippen LogP contribution >= 0.6 is 0 Å². The summed E-state index contributed by atoms with van der Waals surface area (Å²) in [6, 6.07) is 68.7. The lowest BCUT2D eigenvalue weighted by Crippen LogP contribution is -2.01. The van der Waals surface area contributed by atoms with Crippen molar-refractivity contribution in [3.05, 3.63) is 194 Å². The Balaban J connectivity index is 1.24. The van der Waals surface area contributed by atoms with Crippen LogP contribution in [0.1, 0.15) is 0 Å². The van der Waals surface area contributed by atoms with E-state index in [9.17, 15) is 0 Å².